The predicted octanol–water partition coefficient (Wildman–Crippen LogP) is 2.24. The molecule has 0 aromatic heterocycles. The summed E-state index contributed by atoms with van der Waals surface area (Å²) in [6.45, 7) is 3.44. The lowest BCUT2D eigenvalue weighted by Crippen LogP contribution is -2.19. The molecule has 0 fully saturated rings. The number of amides is 1. The quantitative estimate of drug-likeness (QED) is 0.740. The summed E-state index contributed by atoms with van der Waals surface area (Å²) in [6, 6.07) is 3.72. The van der Waals surface area contributed by atoms with Crippen LogP contribution >= 0.6 is 11.8 Å². The van der Waals surface area contributed by atoms with Crippen LogP contribution in [0.2, 0.25) is 0 Å². The molecular formula is C11H11NO2S. The van der Waals surface area contributed by atoms with Crippen LogP contribution in [0.5, 0.6) is 0 Å². The van der Waals surface area contributed by atoms with Gasteiger partial charge in [-0.3, -0.25) is 9.59 Å². The van der Waals surface area contributed by atoms with Crippen molar-refractivity contribution in [2.45, 2.75) is 18.7 Å². The van der Waals surface area contributed by atoms with Crippen molar-refractivity contribution >= 4 is 29.1 Å². The molecule has 78 valence electrons. The van der Waals surface area contributed by atoms with Crippen molar-refractivity contribution in [3.8, 4) is 0 Å². The van der Waals surface area contributed by atoms with Gasteiger partial charge in [0.05, 0.1) is 11.4 Å². The second-order valence-electron chi connectivity index (χ2n) is 3.56. The van der Waals surface area contributed by atoms with Crippen molar-refractivity contribution < 1.29 is 9.59 Å². The molecule has 1 aliphatic rings. The summed E-state index contributed by atoms with van der Waals surface area (Å²) in [5.41, 5.74) is 2.40. The molecular weight excluding hydrogens is 210 g/mol. The highest BCUT2D eigenvalue weighted by atomic mass is 32.2. The Bertz CT molecular complexity index is 454. The second kappa shape index (κ2) is 3.70. The van der Waals surface area contributed by atoms with Gasteiger partial charge in [-0.2, -0.15) is 0 Å². The van der Waals surface area contributed by atoms with Crippen molar-refractivity contribution in [3.05, 3.63) is 23.3 Å². The molecule has 1 aliphatic heterocycles. The van der Waals surface area contributed by atoms with E-state index >= 15 is 0 Å². The molecule has 2 rings (SSSR count). The van der Waals surface area contributed by atoms with E-state index < -0.39 is 0 Å². The van der Waals surface area contributed by atoms with E-state index in [0.717, 1.165) is 16.1 Å². The van der Waals surface area contributed by atoms with Gasteiger partial charge in [0.1, 0.15) is 0 Å². The van der Waals surface area contributed by atoms with Gasteiger partial charge in [-0.05, 0) is 31.5 Å². The van der Waals surface area contributed by atoms with Crippen LogP contribution in [0.3, 0.4) is 0 Å². The van der Waals surface area contributed by atoms with E-state index in [2.05, 4.69) is 5.32 Å². The van der Waals surface area contributed by atoms with E-state index in [4.69, 9.17) is 0 Å². The minimum atomic E-state index is -0.00847. The standard InChI is InChI=1S/C11H11NO2S/c1-6-3-10-9(4-8(6)7(2)13)12-11(14)5-15-10/h3-4H,5H2,1-2H3,(H,12,14). The van der Waals surface area contributed by atoms with Gasteiger partial charge in [0, 0.05) is 10.5 Å². The van der Waals surface area contributed by atoms with Crippen LogP contribution in [-0.4, -0.2) is 17.4 Å². The van der Waals surface area contributed by atoms with Gasteiger partial charge >= 0.3 is 0 Å². The fourth-order valence-electron chi connectivity index (χ4n) is 1.61. The average molecular weight is 221 g/mol. The minimum Gasteiger partial charge on any atom is -0.324 e. The van der Waals surface area contributed by atoms with Gasteiger partial charge < -0.3 is 5.32 Å². The number of carbonyl (C=O) groups excluding carboxylic acids is 2. The Balaban J connectivity index is 2.51. The van der Waals surface area contributed by atoms with Crippen LogP contribution in [0.4, 0.5) is 5.69 Å². The Kier molecular flexibility index (Phi) is 2.52. The normalized spacial score (nSPS) is 14.4. The molecule has 1 aromatic carbocycles. The summed E-state index contributed by atoms with van der Waals surface area (Å²) in [5.74, 6) is 0.470. The summed E-state index contributed by atoms with van der Waals surface area (Å²) in [5, 5.41) is 2.77. The largest absolute Gasteiger partial charge is 0.324 e. The Hall–Kier alpha value is -1.29. The summed E-state index contributed by atoms with van der Waals surface area (Å²) in [7, 11) is 0. The van der Waals surface area contributed by atoms with Gasteiger partial charge in [-0.25, -0.2) is 0 Å². The van der Waals surface area contributed by atoms with Gasteiger partial charge in [-0.1, -0.05) is 0 Å². The van der Waals surface area contributed by atoms with Gasteiger partial charge in [0.2, 0.25) is 5.91 Å². The van der Waals surface area contributed by atoms with E-state index in [0.29, 0.717) is 11.3 Å². The van der Waals surface area contributed by atoms with Crippen molar-refractivity contribution in [1.82, 2.24) is 0 Å². The predicted molar refractivity (Wildman–Crippen MR) is 60.5 cm³/mol. The monoisotopic (exact) mass is 221 g/mol. The van der Waals surface area contributed by atoms with Gasteiger partial charge in [0.25, 0.3) is 0 Å². The zero-order chi connectivity index (χ0) is 11.0. The average Bonchev–Trinajstić information content (AvgIpc) is 2.17. The van der Waals surface area contributed by atoms with E-state index in [-0.39, 0.29) is 11.7 Å². The number of benzene rings is 1. The Labute approximate surface area is 92.2 Å². The zero-order valence-corrected chi connectivity index (χ0v) is 9.40. The number of nitrogens with one attached hydrogen (secondary N) is 1. The number of aryl methyl sites for hydroxylation is 1. The third-order valence-corrected chi connectivity index (χ3v) is 3.39. The second-order valence-corrected chi connectivity index (χ2v) is 4.57. The highest BCUT2D eigenvalue weighted by Crippen LogP contribution is 2.33. The van der Waals surface area contributed by atoms with Crippen LogP contribution < -0.4 is 5.32 Å². The number of hydrogen-bond acceptors (Lipinski definition) is 3. The first-order chi connectivity index (χ1) is 7.08. The zero-order valence-electron chi connectivity index (χ0n) is 8.59. The molecule has 4 heteroatoms. The molecule has 1 N–H and O–H groups in total. The molecule has 1 heterocycles. The number of rotatable bonds is 1. The Morgan fingerprint density at radius 1 is 1.47 bits per heavy atom. The number of hydrogen-bond donors (Lipinski definition) is 1. The molecule has 15 heavy (non-hydrogen) atoms. The maximum Gasteiger partial charge on any atom is 0.234 e. The lowest BCUT2D eigenvalue weighted by molar-refractivity contribution is -0.113. The summed E-state index contributed by atoms with van der Waals surface area (Å²) in [6.07, 6.45) is 0. The molecule has 0 saturated carbocycles. The van der Waals surface area contributed by atoms with Crippen molar-refractivity contribution in [1.29, 1.82) is 0 Å². The van der Waals surface area contributed by atoms with Crippen molar-refractivity contribution in [2.24, 2.45) is 0 Å². The SMILES string of the molecule is CC(=O)c1cc2c(cc1C)SCC(=O)N2. The van der Waals surface area contributed by atoms with Gasteiger partial charge in [0.15, 0.2) is 5.78 Å². The number of carbonyl (C=O) groups is 2. The van der Waals surface area contributed by atoms with E-state index in [1.54, 1.807) is 6.07 Å². The maximum atomic E-state index is 11.3. The minimum absolute atomic E-state index is 0.00847. The van der Waals surface area contributed by atoms with E-state index in [1.807, 2.05) is 13.0 Å². The molecule has 0 bridgehead atoms. The number of ketones is 1. The van der Waals surface area contributed by atoms with Crippen LogP contribution in [0.25, 0.3) is 0 Å². The molecule has 0 unspecified atom stereocenters. The molecule has 0 aliphatic carbocycles. The number of Topliss-reactive ketones (excluding diaryl/α,β-unsaturated/α-hetero) is 1. The van der Waals surface area contributed by atoms with Crippen LogP contribution in [-0.2, 0) is 4.79 Å². The van der Waals surface area contributed by atoms with Crippen LogP contribution in [0.15, 0.2) is 17.0 Å². The maximum absolute atomic E-state index is 11.3. The molecule has 0 radical (unpaired) electrons. The number of fused-ring (bicyclic) bond motifs is 1. The molecule has 0 saturated heterocycles. The third-order valence-electron chi connectivity index (χ3n) is 2.34. The molecule has 1 aromatic rings. The Morgan fingerprint density at radius 3 is 2.87 bits per heavy atom. The lowest BCUT2D eigenvalue weighted by Gasteiger charge is -2.18. The molecule has 0 atom stereocenters. The third kappa shape index (κ3) is 1.90. The number of thioether (sulfide) groups is 1. The summed E-state index contributed by atoms with van der Waals surface area (Å²) in [4.78, 5) is 23.5. The topological polar surface area (TPSA) is 46.2 Å². The lowest BCUT2D eigenvalue weighted by atomic mass is 10.0. The fourth-order valence-corrected chi connectivity index (χ4v) is 2.49. The van der Waals surface area contributed by atoms with Crippen LogP contribution in [0, 0.1) is 6.92 Å². The first-order valence-corrected chi connectivity index (χ1v) is 5.64. The Morgan fingerprint density at radius 2 is 2.20 bits per heavy atom. The number of anilines is 1. The fraction of sp³-hybridized carbons (Fsp3) is 0.273. The smallest absolute Gasteiger partial charge is 0.234 e. The van der Waals surface area contributed by atoms with Crippen LogP contribution in [0.1, 0.15) is 22.8 Å². The summed E-state index contributed by atoms with van der Waals surface area (Å²) >= 11 is 1.51. The highest BCUT2D eigenvalue weighted by molar-refractivity contribution is 8.00. The van der Waals surface area contributed by atoms with E-state index in [1.165, 1.54) is 18.7 Å². The molecule has 3 nitrogen and oxygen atoms in total. The molecule has 1 amide bonds. The summed E-state index contributed by atoms with van der Waals surface area (Å²) < 4.78 is 0. The highest BCUT2D eigenvalue weighted by Gasteiger charge is 2.17. The van der Waals surface area contributed by atoms with E-state index in [9.17, 15) is 9.59 Å². The first-order valence-electron chi connectivity index (χ1n) is 4.66. The molecule has 0 spiro atoms. The van der Waals surface area contributed by atoms with Crippen molar-refractivity contribution in [2.75, 3.05) is 11.1 Å². The van der Waals surface area contributed by atoms with Crippen molar-refractivity contribution in [3.63, 3.8) is 0 Å². The van der Waals surface area contributed by atoms with Gasteiger partial charge in [-0.15, -0.1) is 11.8 Å². The first kappa shape index (κ1) is 10.2.